The molecule has 1 N–H and O–H groups in total. The lowest BCUT2D eigenvalue weighted by atomic mass is 10.2. The van der Waals surface area contributed by atoms with Gasteiger partial charge in [-0.25, -0.2) is 9.97 Å². The van der Waals surface area contributed by atoms with E-state index in [1.165, 1.54) is 6.33 Å². The molecule has 0 unspecified atom stereocenters. The normalized spacial score (nSPS) is 10.8. The number of benzene rings is 1. The Hall–Kier alpha value is -2.67. The molecule has 2 aromatic heterocycles. The van der Waals surface area contributed by atoms with Crippen molar-refractivity contribution in [3.63, 3.8) is 0 Å². The largest absolute Gasteiger partial charge is 0.362 e. The maximum atomic E-state index is 11.0. The van der Waals surface area contributed by atoms with Gasteiger partial charge in [-0.2, -0.15) is 0 Å². The zero-order valence-electron chi connectivity index (χ0n) is 11.4. The van der Waals surface area contributed by atoms with E-state index in [0.29, 0.717) is 13.1 Å². The number of aromatic nitrogens is 3. The molecular weight excluding hydrogens is 306 g/mol. The van der Waals surface area contributed by atoms with Crippen LogP contribution in [0, 0.1) is 10.1 Å². The Balaban J connectivity index is 1.74. The number of hydrogen-bond acceptors (Lipinski definition) is 5. The van der Waals surface area contributed by atoms with Gasteiger partial charge in [0.25, 0.3) is 0 Å². The van der Waals surface area contributed by atoms with E-state index in [1.54, 1.807) is 0 Å². The molecule has 3 aromatic rings. The van der Waals surface area contributed by atoms with Crippen LogP contribution in [0.3, 0.4) is 0 Å². The number of nitro groups is 1. The lowest BCUT2D eigenvalue weighted by molar-refractivity contribution is -0.384. The summed E-state index contributed by atoms with van der Waals surface area (Å²) >= 11 is 5.74. The van der Waals surface area contributed by atoms with Crippen LogP contribution in [0.2, 0.25) is 5.15 Å². The standard InChI is InChI=1S/C14H12ClN5O2/c15-13-12(20(21)22)14(18-9-17-13)16-6-8-19-7-5-10-3-1-2-4-11(10)19/h1-5,7,9H,6,8H2,(H,16,17,18). The SMILES string of the molecule is O=[N+]([O-])c1c(Cl)ncnc1NCCn1ccc2ccccc21. The Morgan fingerprint density at radius 1 is 1.27 bits per heavy atom. The summed E-state index contributed by atoms with van der Waals surface area (Å²) in [5, 5.41) is 14.9. The minimum absolute atomic E-state index is 0.126. The maximum Gasteiger partial charge on any atom is 0.348 e. The quantitative estimate of drug-likeness (QED) is 0.444. The smallest absolute Gasteiger partial charge is 0.348 e. The lowest BCUT2D eigenvalue weighted by Crippen LogP contribution is -2.12. The van der Waals surface area contributed by atoms with E-state index in [9.17, 15) is 10.1 Å². The molecule has 0 radical (unpaired) electrons. The van der Waals surface area contributed by atoms with Crippen molar-refractivity contribution in [3.8, 4) is 0 Å². The first-order chi connectivity index (χ1) is 10.7. The van der Waals surface area contributed by atoms with E-state index in [1.807, 2.05) is 36.5 Å². The van der Waals surface area contributed by atoms with Crippen LogP contribution in [0.15, 0.2) is 42.9 Å². The summed E-state index contributed by atoms with van der Waals surface area (Å²) in [6, 6.07) is 10.0. The summed E-state index contributed by atoms with van der Waals surface area (Å²) in [5.74, 6) is 0.126. The molecule has 22 heavy (non-hydrogen) atoms. The molecule has 1 aromatic carbocycles. The first-order valence-electron chi connectivity index (χ1n) is 6.59. The van der Waals surface area contributed by atoms with E-state index in [-0.39, 0.29) is 16.7 Å². The van der Waals surface area contributed by atoms with Gasteiger partial charge in [0.1, 0.15) is 6.33 Å². The van der Waals surface area contributed by atoms with Crippen LogP contribution in [0.4, 0.5) is 11.5 Å². The molecule has 7 nitrogen and oxygen atoms in total. The monoisotopic (exact) mass is 317 g/mol. The molecule has 112 valence electrons. The van der Waals surface area contributed by atoms with Crippen molar-refractivity contribution in [2.45, 2.75) is 6.54 Å². The van der Waals surface area contributed by atoms with Crippen molar-refractivity contribution in [1.82, 2.24) is 14.5 Å². The maximum absolute atomic E-state index is 11.0. The Kier molecular flexibility index (Phi) is 3.88. The molecule has 0 aliphatic heterocycles. The van der Waals surface area contributed by atoms with E-state index in [0.717, 1.165) is 10.9 Å². The highest BCUT2D eigenvalue weighted by Gasteiger charge is 2.20. The van der Waals surface area contributed by atoms with Crippen molar-refractivity contribution < 1.29 is 4.92 Å². The van der Waals surface area contributed by atoms with Crippen molar-refractivity contribution in [2.75, 3.05) is 11.9 Å². The van der Waals surface area contributed by atoms with Crippen molar-refractivity contribution in [2.24, 2.45) is 0 Å². The Labute approximate surface area is 130 Å². The highest BCUT2D eigenvalue weighted by molar-refractivity contribution is 6.31. The fourth-order valence-corrected chi connectivity index (χ4v) is 2.48. The van der Waals surface area contributed by atoms with Crippen LogP contribution in [0.1, 0.15) is 0 Å². The van der Waals surface area contributed by atoms with Gasteiger partial charge >= 0.3 is 5.69 Å². The predicted octanol–water partition coefficient (Wildman–Crippen LogP) is 3.11. The third kappa shape index (κ3) is 2.71. The topological polar surface area (TPSA) is 85.9 Å². The fourth-order valence-electron chi connectivity index (χ4n) is 2.28. The van der Waals surface area contributed by atoms with Crippen molar-refractivity contribution in [1.29, 1.82) is 0 Å². The van der Waals surface area contributed by atoms with E-state index < -0.39 is 4.92 Å². The van der Waals surface area contributed by atoms with Gasteiger partial charge in [-0.05, 0) is 17.5 Å². The minimum Gasteiger partial charge on any atom is -0.362 e. The molecule has 0 saturated carbocycles. The third-order valence-electron chi connectivity index (χ3n) is 3.29. The number of hydrogen-bond donors (Lipinski definition) is 1. The molecule has 0 spiro atoms. The minimum atomic E-state index is -0.588. The number of anilines is 1. The molecule has 2 heterocycles. The zero-order valence-corrected chi connectivity index (χ0v) is 12.2. The average Bonchev–Trinajstić information content (AvgIpc) is 2.90. The molecule has 8 heteroatoms. The summed E-state index contributed by atoms with van der Waals surface area (Å²) in [6.45, 7) is 1.12. The van der Waals surface area contributed by atoms with Gasteiger partial charge in [-0.15, -0.1) is 0 Å². The first-order valence-corrected chi connectivity index (χ1v) is 6.97. The Bertz CT molecular complexity index is 833. The summed E-state index contributed by atoms with van der Waals surface area (Å²) in [5.41, 5.74) is 0.807. The second-order valence-electron chi connectivity index (χ2n) is 4.61. The highest BCUT2D eigenvalue weighted by atomic mass is 35.5. The average molecular weight is 318 g/mol. The van der Waals surface area contributed by atoms with E-state index >= 15 is 0 Å². The fraction of sp³-hybridized carbons (Fsp3) is 0.143. The second kappa shape index (κ2) is 5.98. The number of halogens is 1. The van der Waals surface area contributed by atoms with Gasteiger partial charge < -0.3 is 9.88 Å². The molecule has 0 amide bonds. The van der Waals surface area contributed by atoms with Gasteiger partial charge in [0, 0.05) is 24.8 Å². The molecule has 0 aliphatic carbocycles. The molecule has 0 aliphatic rings. The van der Waals surface area contributed by atoms with Gasteiger partial charge in [0.05, 0.1) is 4.92 Å². The van der Waals surface area contributed by atoms with Crippen LogP contribution in [0.25, 0.3) is 10.9 Å². The van der Waals surface area contributed by atoms with E-state index in [2.05, 4.69) is 19.9 Å². The van der Waals surface area contributed by atoms with Gasteiger partial charge in [-0.3, -0.25) is 10.1 Å². The Morgan fingerprint density at radius 3 is 2.91 bits per heavy atom. The van der Waals surface area contributed by atoms with Crippen molar-refractivity contribution in [3.05, 3.63) is 58.1 Å². The number of nitrogens with one attached hydrogen (secondary N) is 1. The summed E-state index contributed by atoms with van der Waals surface area (Å²) in [4.78, 5) is 17.9. The lowest BCUT2D eigenvalue weighted by Gasteiger charge is -2.08. The molecule has 3 rings (SSSR count). The summed E-state index contributed by atoms with van der Waals surface area (Å²) in [7, 11) is 0. The number of nitrogens with zero attached hydrogens (tertiary/aromatic N) is 4. The molecule has 0 bridgehead atoms. The van der Waals surface area contributed by atoms with E-state index in [4.69, 9.17) is 11.6 Å². The highest BCUT2D eigenvalue weighted by Crippen LogP contribution is 2.28. The predicted molar refractivity (Wildman–Crippen MR) is 84.1 cm³/mol. The number of rotatable bonds is 5. The number of fused-ring (bicyclic) bond motifs is 1. The van der Waals surface area contributed by atoms with Crippen LogP contribution in [-0.4, -0.2) is 26.0 Å². The molecule has 0 saturated heterocycles. The molecule has 0 fully saturated rings. The second-order valence-corrected chi connectivity index (χ2v) is 4.97. The van der Waals surface area contributed by atoms with Gasteiger partial charge in [-0.1, -0.05) is 29.8 Å². The Morgan fingerprint density at radius 2 is 2.09 bits per heavy atom. The third-order valence-corrected chi connectivity index (χ3v) is 3.56. The first kappa shape index (κ1) is 14.3. The zero-order chi connectivity index (χ0) is 15.5. The van der Waals surface area contributed by atoms with Gasteiger partial charge in [0.15, 0.2) is 0 Å². The molecule has 0 atom stereocenters. The van der Waals surface area contributed by atoms with Gasteiger partial charge in [0.2, 0.25) is 11.0 Å². The summed E-state index contributed by atoms with van der Waals surface area (Å²) in [6.07, 6.45) is 3.18. The van der Waals surface area contributed by atoms with Crippen molar-refractivity contribution >= 4 is 34.0 Å². The number of para-hydroxylation sites is 1. The van der Waals surface area contributed by atoms with Crippen LogP contribution >= 0.6 is 11.6 Å². The van der Waals surface area contributed by atoms with Crippen LogP contribution in [-0.2, 0) is 6.54 Å². The van der Waals surface area contributed by atoms with Crippen LogP contribution in [0.5, 0.6) is 0 Å². The molecular formula is C14H12ClN5O2. The summed E-state index contributed by atoms with van der Waals surface area (Å²) < 4.78 is 2.07. The van der Waals surface area contributed by atoms with Crippen LogP contribution < -0.4 is 5.32 Å².